The Balaban J connectivity index is 1.81. The second-order valence-electron chi connectivity index (χ2n) is 8.65. The van der Waals surface area contributed by atoms with Crippen molar-refractivity contribution >= 4 is 40.4 Å². The molecule has 1 amide bonds. The average Bonchev–Trinajstić information content (AvgIpc) is 3.35. The van der Waals surface area contributed by atoms with Gasteiger partial charge in [-0.3, -0.25) is 19.0 Å². The molecule has 38 heavy (non-hydrogen) atoms. The number of nitrogens with zero attached hydrogens (tertiary/aromatic N) is 3. The Morgan fingerprint density at radius 3 is 2.47 bits per heavy atom. The standard InChI is InChI=1S/C27H23N3O7S/c1-13-20(26(34)36-5)22(15-10-11-18(37-14(2)31)19(12-15)35-4)30-25(33)23(38-27(30)28-13)21-16-8-6-7-9-17(16)29(3)24(21)32/h6-12,22H,1-5H3/b23-21-/t22-/m1/s1. The van der Waals surface area contributed by atoms with Crippen molar-refractivity contribution < 1.29 is 28.6 Å². The molecule has 1 atom stereocenters. The van der Waals surface area contributed by atoms with Gasteiger partial charge in [-0.25, -0.2) is 9.79 Å². The second-order valence-corrected chi connectivity index (χ2v) is 9.63. The minimum atomic E-state index is -0.933. The van der Waals surface area contributed by atoms with Crippen molar-refractivity contribution in [2.45, 2.75) is 19.9 Å². The summed E-state index contributed by atoms with van der Waals surface area (Å²) in [7, 11) is 4.33. The van der Waals surface area contributed by atoms with Gasteiger partial charge in [-0.2, -0.15) is 0 Å². The van der Waals surface area contributed by atoms with Gasteiger partial charge in [0.1, 0.15) is 4.53 Å². The van der Waals surface area contributed by atoms with Crippen LogP contribution in [-0.4, -0.2) is 43.7 Å². The van der Waals surface area contributed by atoms with Gasteiger partial charge in [-0.1, -0.05) is 35.6 Å². The molecule has 11 heteroatoms. The number of para-hydroxylation sites is 1. The largest absolute Gasteiger partial charge is 0.493 e. The number of aromatic nitrogens is 1. The summed E-state index contributed by atoms with van der Waals surface area (Å²) in [5.41, 5.74) is 2.20. The molecule has 2 aromatic carbocycles. The number of rotatable bonds is 4. The van der Waals surface area contributed by atoms with E-state index in [0.717, 1.165) is 11.3 Å². The van der Waals surface area contributed by atoms with Gasteiger partial charge in [0, 0.05) is 19.5 Å². The highest BCUT2D eigenvalue weighted by atomic mass is 32.1. The van der Waals surface area contributed by atoms with Crippen LogP contribution in [0.5, 0.6) is 11.5 Å². The number of thiazole rings is 1. The predicted octanol–water partition coefficient (Wildman–Crippen LogP) is 1.69. The Bertz CT molecular complexity index is 1750. The van der Waals surface area contributed by atoms with Crippen LogP contribution < -0.4 is 29.3 Å². The van der Waals surface area contributed by atoms with Gasteiger partial charge in [0.05, 0.1) is 42.8 Å². The molecule has 0 N–H and O–H groups in total. The van der Waals surface area contributed by atoms with Crippen LogP contribution in [-0.2, 0) is 19.1 Å². The van der Waals surface area contributed by atoms with Crippen molar-refractivity contribution in [3.8, 4) is 11.5 Å². The summed E-state index contributed by atoms with van der Waals surface area (Å²) < 4.78 is 17.3. The Morgan fingerprint density at radius 2 is 1.79 bits per heavy atom. The van der Waals surface area contributed by atoms with Crippen LogP contribution >= 0.6 is 11.3 Å². The first-order valence-corrected chi connectivity index (χ1v) is 12.4. The molecule has 2 aliphatic heterocycles. The minimum absolute atomic E-state index is 0.161. The number of carbonyl (C=O) groups is 3. The summed E-state index contributed by atoms with van der Waals surface area (Å²) in [5.74, 6) is -1.05. The fourth-order valence-electron chi connectivity index (χ4n) is 4.74. The third-order valence-electron chi connectivity index (χ3n) is 6.44. The number of ether oxygens (including phenoxy) is 3. The molecule has 10 nitrogen and oxygen atoms in total. The van der Waals surface area contributed by atoms with Crippen LogP contribution in [0.4, 0.5) is 5.69 Å². The van der Waals surface area contributed by atoms with E-state index in [9.17, 15) is 19.2 Å². The van der Waals surface area contributed by atoms with Crippen LogP contribution in [0.1, 0.15) is 31.0 Å². The molecule has 1 aromatic heterocycles. The second kappa shape index (κ2) is 9.42. The van der Waals surface area contributed by atoms with Crippen molar-refractivity contribution in [2.75, 3.05) is 26.2 Å². The van der Waals surface area contributed by atoms with Crippen molar-refractivity contribution in [1.82, 2.24) is 4.57 Å². The fourth-order valence-corrected chi connectivity index (χ4v) is 5.88. The lowest BCUT2D eigenvalue weighted by molar-refractivity contribution is -0.136. The fraction of sp³-hybridized carbons (Fsp3) is 0.222. The lowest BCUT2D eigenvalue weighted by Gasteiger charge is -2.25. The summed E-state index contributed by atoms with van der Waals surface area (Å²) in [4.78, 5) is 58.1. The highest BCUT2D eigenvalue weighted by Gasteiger charge is 2.36. The van der Waals surface area contributed by atoms with E-state index in [1.54, 1.807) is 32.2 Å². The van der Waals surface area contributed by atoms with E-state index in [1.807, 2.05) is 18.2 Å². The Morgan fingerprint density at radius 1 is 1.05 bits per heavy atom. The Labute approximate surface area is 220 Å². The lowest BCUT2D eigenvalue weighted by Crippen LogP contribution is -2.40. The molecule has 0 unspecified atom stereocenters. The first-order valence-electron chi connectivity index (χ1n) is 11.5. The molecule has 0 aliphatic carbocycles. The first-order chi connectivity index (χ1) is 18.2. The lowest BCUT2D eigenvalue weighted by atomic mass is 9.95. The molecule has 0 saturated carbocycles. The van der Waals surface area contributed by atoms with Gasteiger partial charge in [0.15, 0.2) is 16.3 Å². The number of carbonyl (C=O) groups excluding carboxylic acids is 3. The Kier molecular flexibility index (Phi) is 6.23. The van der Waals surface area contributed by atoms with E-state index in [2.05, 4.69) is 4.99 Å². The third-order valence-corrected chi connectivity index (χ3v) is 7.49. The smallest absolute Gasteiger partial charge is 0.338 e. The molecule has 5 rings (SSSR count). The summed E-state index contributed by atoms with van der Waals surface area (Å²) in [6, 6.07) is 11.1. The van der Waals surface area contributed by atoms with Gasteiger partial charge in [0.25, 0.3) is 11.5 Å². The van der Waals surface area contributed by atoms with Crippen molar-refractivity contribution in [1.29, 1.82) is 0 Å². The highest BCUT2D eigenvalue weighted by Crippen LogP contribution is 2.37. The molecule has 3 heterocycles. The predicted molar refractivity (Wildman–Crippen MR) is 139 cm³/mol. The van der Waals surface area contributed by atoms with Gasteiger partial charge >= 0.3 is 11.9 Å². The van der Waals surface area contributed by atoms with Gasteiger partial charge in [0.2, 0.25) is 0 Å². The molecule has 0 saturated heterocycles. The van der Waals surface area contributed by atoms with E-state index in [1.165, 1.54) is 36.7 Å². The van der Waals surface area contributed by atoms with Crippen molar-refractivity contribution in [2.24, 2.45) is 4.99 Å². The van der Waals surface area contributed by atoms with Crippen LogP contribution in [0.15, 0.2) is 63.5 Å². The van der Waals surface area contributed by atoms with Crippen LogP contribution in [0.25, 0.3) is 5.57 Å². The number of hydrogen-bond acceptors (Lipinski definition) is 9. The molecule has 0 bridgehead atoms. The average molecular weight is 534 g/mol. The molecular formula is C27H23N3O7S. The summed E-state index contributed by atoms with van der Waals surface area (Å²) >= 11 is 1.09. The number of fused-ring (bicyclic) bond motifs is 2. The van der Waals surface area contributed by atoms with E-state index in [-0.39, 0.29) is 33.1 Å². The molecule has 3 aromatic rings. The van der Waals surface area contributed by atoms with Gasteiger partial charge < -0.3 is 19.1 Å². The normalized spacial score (nSPS) is 17.6. The zero-order valence-electron chi connectivity index (χ0n) is 21.2. The van der Waals surface area contributed by atoms with E-state index in [0.29, 0.717) is 27.3 Å². The monoisotopic (exact) mass is 533 g/mol. The van der Waals surface area contributed by atoms with E-state index in [4.69, 9.17) is 14.2 Å². The third kappa shape index (κ3) is 3.82. The zero-order chi connectivity index (χ0) is 27.3. The summed E-state index contributed by atoms with van der Waals surface area (Å²) in [6.07, 6.45) is 0. The molecule has 0 radical (unpaired) electrons. The van der Waals surface area contributed by atoms with Crippen LogP contribution in [0.2, 0.25) is 0 Å². The number of likely N-dealkylation sites (N-methyl/N-ethyl adjacent to an activating group) is 1. The number of benzene rings is 2. The molecule has 0 spiro atoms. The van der Waals surface area contributed by atoms with Gasteiger partial charge in [-0.15, -0.1) is 0 Å². The molecule has 0 fully saturated rings. The summed E-state index contributed by atoms with van der Waals surface area (Å²) in [5, 5.41) is 0. The molecule has 2 aliphatic rings. The van der Waals surface area contributed by atoms with Crippen LogP contribution in [0.3, 0.4) is 0 Å². The van der Waals surface area contributed by atoms with Crippen LogP contribution in [0, 0.1) is 0 Å². The SMILES string of the molecule is COC(=O)C1=C(C)N=c2s/c(=C3\C(=O)N(C)c4ccccc43)c(=O)n2[C@@H]1c1ccc(OC(C)=O)c(OC)c1. The highest BCUT2D eigenvalue weighted by molar-refractivity contribution is 7.07. The maximum atomic E-state index is 14.0. The number of allylic oxidation sites excluding steroid dienone is 1. The zero-order valence-corrected chi connectivity index (χ0v) is 22.0. The quantitative estimate of drug-likeness (QED) is 0.370. The number of anilines is 1. The maximum absolute atomic E-state index is 14.0. The maximum Gasteiger partial charge on any atom is 0.338 e. The molecular weight excluding hydrogens is 510 g/mol. The minimum Gasteiger partial charge on any atom is -0.493 e. The summed E-state index contributed by atoms with van der Waals surface area (Å²) in [6.45, 7) is 2.93. The number of methoxy groups -OCH3 is 2. The van der Waals surface area contributed by atoms with Crippen molar-refractivity contribution in [3.63, 3.8) is 0 Å². The first kappa shape index (κ1) is 25.2. The Hall–Kier alpha value is -4.51. The number of hydrogen-bond donors (Lipinski definition) is 0. The van der Waals surface area contributed by atoms with Gasteiger partial charge in [-0.05, 0) is 30.7 Å². The van der Waals surface area contributed by atoms with E-state index >= 15 is 0 Å². The topological polar surface area (TPSA) is 117 Å². The van der Waals surface area contributed by atoms with Crippen molar-refractivity contribution in [3.05, 3.63) is 84.5 Å². The van der Waals surface area contributed by atoms with E-state index < -0.39 is 23.5 Å². The number of amides is 1. The number of esters is 2. The molecule has 194 valence electrons.